The third-order valence-electron chi connectivity index (χ3n) is 4.66. The predicted octanol–water partition coefficient (Wildman–Crippen LogP) is 4.78. The number of aromatic nitrogens is 2. The number of imidazole rings is 1. The standard InChI is InChI=1S/C22H19IN2O2/c23-19-5-1-16(2-6-19)13-18-4-3-17-14-20(7-8-21(17)22(18)26)27-12-11-25-10-9-24-15-25/h1-2,5-10,13-15H,3-4,11-12H2. The first-order valence-corrected chi connectivity index (χ1v) is 9.99. The summed E-state index contributed by atoms with van der Waals surface area (Å²) in [6.07, 6.45) is 9.07. The van der Waals surface area contributed by atoms with Crippen molar-refractivity contribution in [1.82, 2.24) is 9.55 Å². The maximum Gasteiger partial charge on any atom is 0.189 e. The zero-order valence-corrected chi connectivity index (χ0v) is 16.9. The van der Waals surface area contributed by atoms with Crippen molar-refractivity contribution < 1.29 is 9.53 Å². The van der Waals surface area contributed by atoms with Gasteiger partial charge in [-0.05, 0) is 83.0 Å². The number of aryl methyl sites for hydroxylation is 1. The highest BCUT2D eigenvalue weighted by Crippen LogP contribution is 2.29. The average Bonchev–Trinajstić information content (AvgIpc) is 3.19. The first-order chi connectivity index (χ1) is 13.2. The SMILES string of the molecule is O=C1C(=Cc2ccc(I)cc2)CCc2cc(OCCn3ccnc3)ccc21. The van der Waals surface area contributed by atoms with Crippen LogP contribution in [0.3, 0.4) is 0 Å². The molecule has 0 unspecified atom stereocenters. The van der Waals surface area contributed by atoms with Crippen LogP contribution in [0.4, 0.5) is 0 Å². The van der Waals surface area contributed by atoms with E-state index in [0.717, 1.165) is 47.4 Å². The van der Waals surface area contributed by atoms with Crippen molar-refractivity contribution in [2.75, 3.05) is 6.61 Å². The number of hydrogen-bond acceptors (Lipinski definition) is 3. The number of hydrogen-bond donors (Lipinski definition) is 0. The minimum atomic E-state index is 0.125. The average molecular weight is 470 g/mol. The summed E-state index contributed by atoms with van der Waals surface area (Å²) in [4.78, 5) is 16.9. The summed E-state index contributed by atoms with van der Waals surface area (Å²) < 4.78 is 9.01. The van der Waals surface area contributed by atoms with Crippen molar-refractivity contribution in [3.63, 3.8) is 0 Å². The quantitative estimate of drug-likeness (QED) is 0.399. The molecule has 0 saturated heterocycles. The van der Waals surface area contributed by atoms with Gasteiger partial charge in [0.15, 0.2) is 5.78 Å². The second-order valence-corrected chi connectivity index (χ2v) is 7.76. The summed E-state index contributed by atoms with van der Waals surface area (Å²) in [6.45, 7) is 1.32. The molecule has 0 bridgehead atoms. The van der Waals surface area contributed by atoms with Crippen LogP contribution >= 0.6 is 22.6 Å². The second-order valence-electron chi connectivity index (χ2n) is 6.52. The van der Waals surface area contributed by atoms with Gasteiger partial charge in [-0.15, -0.1) is 0 Å². The predicted molar refractivity (Wildman–Crippen MR) is 114 cm³/mol. The summed E-state index contributed by atoms with van der Waals surface area (Å²) in [5, 5.41) is 0. The van der Waals surface area contributed by atoms with Gasteiger partial charge in [-0.25, -0.2) is 4.98 Å². The molecule has 1 aliphatic carbocycles. The summed E-state index contributed by atoms with van der Waals surface area (Å²) in [5.74, 6) is 0.937. The number of Topliss-reactive ketones (excluding diaryl/α,β-unsaturated/α-hetero) is 1. The highest BCUT2D eigenvalue weighted by Gasteiger charge is 2.22. The number of nitrogens with zero attached hydrogens (tertiary/aromatic N) is 2. The highest BCUT2D eigenvalue weighted by atomic mass is 127. The van der Waals surface area contributed by atoms with Crippen LogP contribution in [0.15, 0.2) is 66.8 Å². The maximum absolute atomic E-state index is 12.8. The second kappa shape index (κ2) is 8.08. The van der Waals surface area contributed by atoms with Gasteiger partial charge in [0.25, 0.3) is 0 Å². The molecule has 1 heterocycles. The molecule has 136 valence electrons. The molecular weight excluding hydrogens is 451 g/mol. The number of carbonyl (C=O) groups excluding carboxylic acids is 1. The Kier molecular flexibility index (Phi) is 5.38. The molecule has 1 aromatic heterocycles. The minimum Gasteiger partial charge on any atom is -0.492 e. The Bertz CT molecular complexity index is 976. The van der Waals surface area contributed by atoms with Crippen LogP contribution in [0.1, 0.15) is 27.9 Å². The molecule has 0 amide bonds. The third kappa shape index (κ3) is 4.30. The molecular formula is C22H19IN2O2. The van der Waals surface area contributed by atoms with E-state index in [1.54, 1.807) is 12.5 Å². The molecule has 1 aliphatic rings. The summed E-state index contributed by atoms with van der Waals surface area (Å²) in [7, 11) is 0. The Hall–Kier alpha value is -2.41. The number of ketones is 1. The largest absolute Gasteiger partial charge is 0.492 e. The number of allylic oxidation sites excluding steroid dienone is 1. The Balaban J connectivity index is 1.46. The minimum absolute atomic E-state index is 0.125. The number of carbonyl (C=O) groups is 1. The number of halogens is 1. The van der Waals surface area contributed by atoms with Crippen LogP contribution in [-0.2, 0) is 13.0 Å². The van der Waals surface area contributed by atoms with Crippen LogP contribution in [0.25, 0.3) is 6.08 Å². The fraction of sp³-hybridized carbons (Fsp3) is 0.182. The smallest absolute Gasteiger partial charge is 0.189 e. The highest BCUT2D eigenvalue weighted by molar-refractivity contribution is 14.1. The lowest BCUT2D eigenvalue weighted by molar-refractivity contribution is 0.102. The molecule has 0 fully saturated rings. The maximum atomic E-state index is 12.8. The van der Waals surface area contributed by atoms with E-state index in [4.69, 9.17) is 4.74 Å². The van der Waals surface area contributed by atoms with Crippen LogP contribution in [0, 0.1) is 3.57 Å². The molecule has 4 nitrogen and oxygen atoms in total. The van der Waals surface area contributed by atoms with Crippen LogP contribution in [-0.4, -0.2) is 21.9 Å². The number of fused-ring (bicyclic) bond motifs is 1. The van der Waals surface area contributed by atoms with E-state index >= 15 is 0 Å². The molecule has 27 heavy (non-hydrogen) atoms. The van der Waals surface area contributed by atoms with Gasteiger partial charge in [0.2, 0.25) is 0 Å². The van der Waals surface area contributed by atoms with Gasteiger partial charge in [-0.3, -0.25) is 4.79 Å². The molecule has 0 saturated carbocycles. The molecule has 0 radical (unpaired) electrons. The van der Waals surface area contributed by atoms with Crippen LogP contribution in [0.5, 0.6) is 5.75 Å². The normalized spacial score (nSPS) is 15.0. The Labute approximate surface area is 172 Å². The van der Waals surface area contributed by atoms with Crippen molar-refractivity contribution in [2.45, 2.75) is 19.4 Å². The molecule has 5 heteroatoms. The first-order valence-electron chi connectivity index (χ1n) is 8.91. The summed E-state index contributed by atoms with van der Waals surface area (Å²) in [6, 6.07) is 14.0. The lowest BCUT2D eigenvalue weighted by Crippen LogP contribution is -2.14. The van der Waals surface area contributed by atoms with Crippen molar-refractivity contribution in [3.8, 4) is 5.75 Å². The number of rotatable bonds is 5. The van der Waals surface area contributed by atoms with E-state index in [-0.39, 0.29) is 5.78 Å². The monoisotopic (exact) mass is 470 g/mol. The van der Waals surface area contributed by atoms with E-state index in [1.165, 1.54) is 3.57 Å². The summed E-state index contributed by atoms with van der Waals surface area (Å²) in [5.41, 5.74) is 3.80. The molecule has 0 aliphatic heterocycles. The van der Waals surface area contributed by atoms with Gasteiger partial charge in [0.05, 0.1) is 12.9 Å². The lowest BCUT2D eigenvalue weighted by atomic mass is 9.86. The fourth-order valence-corrected chi connectivity index (χ4v) is 3.59. The molecule has 0 spiro atoms. The number of benzene rings is 2. The van der Waals surface area contributed by atoms with Crippen LogP contribution < -0.4 is 4.74 Å². The number of ether oxygens (including phenoxy) is 1. The van der Waals surface area contributed by atoms with Gasteiger partial charge in [0.1, 0.15) is 12.4 Å². The molecule has 0 N–H and O–H groups in total. The van der Waals surface area contributed by atoms with E-state index in [1.807, 2.05) is 35.0 Å². The Morgan fingerprint density at radius 1 is 1.15 bits per heavy atom. The van der Waals surface area contributed by atoms with E-state index < -0.39 is 0 Å². The van der Waals surface area contributed by atoms with Gasteiger partial charge in [-0.2, -0.15) is 0 Å². The van der Waals surface area contributed by atoms with Crippen molar-refractivity contribution in [3.05, 3.63) is 87.0 Å². The van der Waals surface area contributed by atoms with Crippen molar-refractivity contribution in [1.29, 1.82) is 0 Å². The molecule has 4 rings (SSSR count). The molecule has 3 aromatic rings. The van der Waals surface area contributed by atoms with Gasteiger partial charge >= 0.3 is 0 Å². The van der Waals surface area contributed by atoms with Crippen molar-refractivity contribution >= 4 is 34.5 Å². The third-order valence-corrected chi connectivity index (χ3v) is 5.38. The van der Waals surface area contributed by atoms with Crippen LogP contribution in [0.2, 0.25) is 0 Å². The molecule has 0 atom stereocenters. The topological polar surface area (TPSA) is 44.1 Å². The Morgan fingerprint density at radius 2 is 2.00 bits per heavy atom. The zero-order valence-electron chi connectivity index (χ0n) is 14.8. The Morgan fingerprint density at radius 3 is 2.78 bits per heavy atom. The molecule has 2 aromatic carbocycles. The van der Waals surface area contributed by atoms with E-state index in [2.05, 4.69) is 51.8 Å². The summed E-state index contributed by atoms with van der Waals surface area (Å²) >= 11 is 2.28. The van der Waals surface area contributed by atoms with Gasteiger partial charge in [0, 0.05) is 27.1 Å². The van der Waals surface area contributed by atoms with Crippen molar-refractivity contribution in [2.24, 2.45) is 0 Å². The zero-order chi connectivity index (χ0) is 18.6. The first kappa shape index (κ1) is 18.0. The van der Waals surface area contributed by atoms with E-state index in [0.29, 0.717) is 6.61 Å². The van der Waals surface area contributed by atoms with E-state index in [9.17, 15) is 4.79 Å². The lowest BCUT2D eigenvalue weighted by Gasteiger charge is -2.19. The fourth-order valence-electron chi connectivity index (χ4n) is 3.23. The van der Waals surface area contributed by atoms with Gasteiger partial charge < -0.3 is 9.30 Å². The van der Waals surface area contributed by atoms with Gasteiger partial charge in [-0.1, -0.05) is 12.1 Å².